The van der Waals surface area contributed by atoms with Crippen LogP contribution in [0.3, 0.4) is 0 Å². The van der Waals surface area contributed by atoms with Crippen LogP contribution in [-0.4, -0.2) is 49.0 Å². The Bertz CT molecular complexity index is 763. The number of hydrogen-bond donors (Lipinski definition) is 2. The molecule has 1 aliphatic heterocycles. The summed E-state index contributed by atoms with van der Waals surface area (Å²) in [5.74, 6) is 1.02. The van der Waals surface area contributed by atoms with E-state index in [0.717, 1.165) is 11.4 Å². The molecule has 2 N–H and O–H groups in total. The molecular weight excluding hydrogens is 318 g/mol. The van der Waals surface area contributed by atoms with Gasteiger partial charge < -0.3 is 15.1 Å². The van der Waals surface area contributed by atoms with Crippen molar-refractivity contribution in [3.8, 4) is 0 Å². The summed E-state index contributed by atoms with van der Waals surface area (Å²) >= 11 is 0. The van der Waals surface area contributed by atoms with Gasteiger partial charge in [-0.3, -0.25) is 10.1 Å². The zero-order chi connectivity index (χ0) is 17.8. The minimum Gasteiger partial charge on any atom is -0.363 e. The van der Waals surface area contributed by atoms with Crippen molar-refractivity contribution in [3.05, 3.63) is 54.1 Å². The van der Waals surface area contributed by atoms with Gasteiger partial charge in [0.2, 0.25) is 5.91 Å². The maximum atomic E-state index is 12.8. The molecule has 0 radical (unpaired) electrons. The Hall–Kier alpha value is -3.09. The highest BCUT2D eigenvalue weighted by molar-refractivity contribution is 5.94. The SMILES string of the molecule is CN(C)c1cccc(NC(=O)N2CCNC(=O)C2c2ccccc2)n1. The smallest absolute Gasteiger partial charge is 0.324 e. The third kappa shape index (κ3) is 3.71. The quantitative estimate of drug-likeness (QED) is 0.895. The van der Waals surface area contributed by atoms with E-state index in [1.165, 1.54) is 4.90 Å². The Morgan fingerprint density at radius 2 is 1.96 bits per heavy atom. The van der Waals surface area contributed by atoms with Crippen molar-refractivity contribution in [2.75, 3.05) is 37.4 Å². The summed E-state index contributed by atoms with van der Waals surface area (Å²) in [6, 6.07) is 13.7. The summed E-state index contributed by atoms with van der Waals surface area (Å²) in [6.07, 6.45) is 0. The largest absolute Gasteiger partial charge is 0.363 e. The summed E-state index contributed by atoms with van der Waals surface area (Å²) in [5, 5.41) is 5.62. The maximum Gasteiger partial charge on any atom is 0.324 e. The van der Waals surface area contributed by atoms with Crippen molar-refractivity contribution >= 4 is 23.6 Å². The standard InChI is InChI=1S/C18H21N5O2/c1-22(2)15-10-6-9-14(20-15)21-18(25)23-12-11-19-17(24)16(23)13-7-4-3-5-8-13/h3-10,16H,11-12H2,1-2H3,(H,19,24)(H,20,21,25). The molecule has 0 saturated carbocycles. The van der Waals surface area contributed by atoms with E-state index in [9.17, 15) is 9.59 Å². The number of hydrogen-bond acceptors (Lipinski definition) is 4. The lowest BCUT2D eigenvalue weighted by molar-refractivity contribution is -0.127. The number of nitrogens with one attached hydrogen (secondary N) is 2. The van der Waals surface area contributed by atoms with Crippen LogP contribution < -0.4 is 15.5 Å². The lowest BCUT2D eigenvalue weighted by Gasteiger charge is -2.35. The summed E-state index contributed by atoms with van der Waals surface area (Å²) < 4.78 is 0. The van der Waals surface area contributed by atoms with Gasteiger partial charge in [0.05, 0.1) is 0 Å². The molecule has 1 fully saturated rings. The Labute approximate surface area is 146 Å². The predicted molar refractivity (Wildman–Crippen MR) is 96.5 cm³/mol. The van der Waals surface area contributed by atoms with Crippen molar-refractivity contribution in [1.29, 1.82) is 0 Å². The van der Waals surface area contributed by atoms with Gasteiger partial charge in [-0.25, -0.2) is 9.78 Å². The van der Waals surface area contributed by atoms with Crippen molar-refractivity contribution in [2.45, 2.75) is 6.04 Å². The Morgan fingerprint density at radius 1 is 1.20 bits per heavy atom. The summed E-state index contributed by atoms with van der Waals surface area (Å²) in [7, 11) is 3.77. The molecule has 1 saturated heterocycles. The lowest BCUT2D eigenvalue weighted by atomic mass is 10.0. The molecule has 1 aromatic heterocycles. The van der Waals surface area contributed by atoms with Crippen LogP contribution in [-0.2, 0) is 4.79 Å². The van der Waals surface area contributed by atoms with Gasteiger partial charge in [0.25, 0.3) is 0 Å². The van der Waals surface area contributed by atoms with E-state index in [-0.39, 0.29) is 11.9 Å². The van der Waals surface area contributed by atoms with Crippen LogP contribution in [0.5, 0.6) is 0 Å². The van der Waals surface area contributed by atoms with Gasteiger partial charge in [-0.15, -0.1) is 0 Å². The van der Waals surface area contributed by atoms with E-state index in [2.05, 4.69) is 15.6 Å². The number of carbonyl (C=O) groups excluding carboxylic acids is 2. The molecule has 130 valence electrons. The summed E-state index contributed by atoms with van der Waals surface area (Å²) in [6.45, 7) is 0.866. The number of carbonyl (C=O) groups is 2. The van der Waals surface area contributed by atoms with Gasteiger partial charge in [-0.2, -0.15) is 0 Å². The van der Waals surface area contributed by atoms with E-state index >= 15 is 0 Å². The molecule has 0 spiro atoms. The van der Waals surface area contributed by atoms with E-state index in [1.54, 1.807) is 6.07 Å². The van der Waals surface area contributed by atoms with Gasteiger partial charge >= 0.3 is 6.03 Å². The van der Waals surface area contributed by atoms with Crippen LogP contribution >= 0.6 is 0 Å². The van der Waals surface area contributed by atoms with Gasteiger partial charge in [-0.1, -0.05) is 36.4 Å². The second-order valence-electron chi connectivity index (χ2n) is 6.00. The molecule has 1 unspecified atom stereocenters. The molecule has 1 atom stereocenters. The second-order valence-corrected chi connectivity index (χ2v) is 6.00. The topological polar surface area (TPSA) is 77.6 Å². The zero-order valence-electron chi connectivity index (χ0n) is 14.3. The van der Waals surface area contributed by atoms with E-state index < -0.39 is 6.04 Å². The lowest BCUT2D eigenvalue weighted by Crippen LogP contribution is -2.53. The average Bonchev–Trinajstić information content (AvgIpc) is 2.62. The third-order valence-electron chi connectivity index (χ3n) is 4.02. The van der Waals surface area contributed by atoms with Crippen molar-refractivity contribution in [2.24, 2.45) is 0 Å². The Balaban J connectivity index is 1.82. The predicted octanol–water partition coefficient (Wildman–Crippen LogP) is 1.85. The zero-order valence-corrected chi connectivity index (χ0v) is 14.3. The van der Waals surface area contributed by atoms with E-state index in [1.807, 2.05) is 61.5 Å². The molecule has 1 aliphatic rings. The normalized spacial score (nSPS) is 17.0. The van der Waals surface area contributed by atoms with Crippen LogP contribution in [0.4, 0.5) is 16.4 Å². The first-order chi connectivity index (χ1) is 12.1. The average molecular weight is 339 g/mol. The third-order valence-corrected chi connectivity index (χ3v) is 4.02. The highest BCUT2D eigenvalue weighted by atomic mass is 16.2. The number of rotatable bonds is 3. The molecule has 25 heavy (non-hydrogen) atoms. The first-order valence-corrected chi connectivity index (χ1v) is 8.11. The number of urea groups is 1. The molecule has 0 aliphatic carbocycles. The van der Waals surface area contributed by atoms with E-state index in [4.69, 9.17) is 0 Å². The number of benzene rings is 1. The molecular formula is C18H21N5O2. The molecule has 7 nitrogen and oxygen atoms in total. The number of anilines is 2. The van der Waals surface area contributed by atoms with Crippen molar-refractivity contribution in [1.82, 2.24) is 15.2 Å². The Morgan fingerprint density at radius 3 is 2.68 bits per heavy atom. The van der Waals surface area contributed by atoms with Crippen molar-refractivity contribution < 1.29 is 9.59 Å². The molecule has 1 aromatic carbocycles. The van der Waals surface area contributed by atoms with Crippen molar-refractivity contribution in [3.63, 3.8) is 0 Å². The molecule has 3 rings (SSSR count). The summed E-state index contributed by atoms with van der Waals surface area (Å²) in [5.41, 5.74) is 0.782. The first-order valence-electron chi connectivity index (χ1n) is 8.11. The molecule has 3 amide bonds. The molecule has 0 bridgehead atoms. The van der Waals surface area contributed by atoms with Gasteiger partial charge in [0, 0.05) is 27.2 Å². The Kier molecular flexibility index (Phi) is 4.83. The van der Waals surface area contributed by atoms with Crippen LogP contribution in [0, 0.1) is 0 Å². The number of pyridine rings is 1. The number of piperazine rings is 1. The minimum absolute atomic E-state index is 0.178. The monoisotopic (exact) mass is 339 g/mol. The van der Waals surface area contributed by atoms with E-state index in [0.29, 0.717) is 18.9 Å². The van der Waals surface area contributed by atoms with Crippen LogP contribution in [0.1, 0.15) is 11.6 Å². The highest BCUT2D eigenvalue weighted by Crippen LogP contribution is 2.24. The summed E-state index contributed by atoms with van der Waals surface area (Å²) in [4.78, 5) is 32.9. The number of amides is 3. The second kappa shape index (κ2) is 7.21. The first kappa shape index (κ1) is 16.8. The van der Waals surface area contributed by atoms with Gasteiger partial charge in [-0.05, 0) is 17.7 Å². The molecule has 2 heterocycles. The fourth-order valence-corrected chi connectivity index (χ4v) is 2.78. The number of nitrogens with zero attached hydrogens (tertiary/aromatic N) is 3. The van der Waals surface area contributed by atoms with Crippen LogP contribution in [0.2, 0.25) is 0 Å². The van der Waals surface area contributed by atoms with Gasteiger partial charge in [0.15, 0.2) is 0 Å². The number of aromatic nitrogens is 1. The highest BCUT2D eigenvalue weighted by Gasteiger charge is 2.34. The fourth-order valence-electron chi connectivity index (χ4n) is 2.78. The minimum atomic E-state index is -0.646. The maximum absolute atomic E-state index is 12.8. The molecule has 2 aromatic rings. The fraction of sp³-hybridized carbons (Fsp3) is 0.278. The van der Waals surface area contributed by atoms with Crippen LogP contribution in [0.15, 0.2) is 48.5 Å². The molecule has 7 heteroatoms. The van der Waals surface area contributed by atoms with Gasteiger partial charge in [0.1, 0.15) is 17.7 Å². The van der Waals surface area contributed by atoms with Crippen LogP contribution in [0.25, 0.3) is 0 Å².